The molecule has 2 N–H and O–H groups in total. The van der Waals surface area contributed by atoms with Crippen LogP contribution in [0.25, 0.3) is 0 Å². The third-order valence-corrected chi connectivity index (χ3v) is 5.22. The SMILES string of the molecule is NCc1cc(CN2CN(c3ccc(OC(F)(F)F)cc3)CC23CC3)ccn1. The van der Waals surface area contributed by atoms with Crippen molar-refractivity contribution < 1.29 is 17.9 Å². The van der Waals surface area contributed by atoms with Crippen LogP contribution in [0.1, 0.15) is 24.1 Å². The van der Waals surface area contributed by atoms with E-state index in [-0.39, 0.29) is 11.3 Å². The minimum absolute atomic E-state index is 0.160. The molecule has 1 spiro atoms. The lowest BCUT2D eigenvalue weighted by atomic mass is 10.2. The number of nitrogens with two attached hydrogens (primary N) is 1. The Hall–Kier alpha value is -2.32. The second-order valence-electron chi connectivity index (χ2n) is 7.16. The summed E-state index contributed by atoms with van der Waals surface area (Å²) in [7, 11) is 0. The standard InChI is InChI=1S/C19H21F3N4O/c20-19(21,22)27-17-3-1-16(2-4-17)25-12-18(6-7-18)26(13-25)11-14-5-8-24-15(9-14)10-23/h1-5,8-9H,6-7,10-13,23H2. The maximum atomic E-state index is 12.3. The van der Waals surface area contributed by atoms with Crippen LogP contribution in [0.4, 0.5) is 18.9 Å². The number of anilines is 1. The van der Waals surface area contributed by atoms with E-state index in [9.17, 15) is 13.2 Å². The Morgan fingerprint density at radius 1 is 1.15 bits per heavy atom. The Balaban J connectivity index is 1.45. The Morgan fingerprint density at radius 3 is 2.52 bits per heavy atom. The fourth-order valence-electron chi connectivity index (χ4n) is 3.69. The molecule has 1 aliphatic heterocycles. The first kappa shape index (κ1) is 18.1. The first-order chi connectivity index (χ1) is 12.9. The summed E-state index contributed by atoms with van der Waals surface area (Å²) >= 11 is 0. The van der Waals surface area contributed by atoms with Crippen LogP contribution in [0.2, 0.25) is 0 Å². The van der Waals surface area contributed by atoms with E-state index < -0.39 is 6.36 Å². The van der Waals surface area contributed by atoms with E-state index in [1.807, 2.05) is 12.1 Å². The smallest absolute Gasteiger partial charge is 0.406 e. The van der Waals surface area contributed by atoms with Gasteiger partial charge in [-0.05, 0) is 54.8 Å². The van der Waals surface area contributed by atoms with Crippen molar-refractivity contribution in [2.24, 2.45) is 5.73 Å². The number of hydrogen-bond donors (Lipinski definition) is 1. The summed E-state index contributed by atoms with van der Waals surface area (Å²) in [4.78, 5) is 8.87. The van der Waals surface area contributed by atoms with Gasteiger partial charge in [-0.2, -0.15) is 0 Å². The molecule has 1 aliphatic carbocycles. The molecule has 0 bridgehead atoms. The lowest BCUT2D eigenvalue weighted by Crippen LogP contribution is -2.32. The maximum Gasteiger partial charge on any atom is 0.573 e. The third kappa shape index (κ3) is 4.01. The van der Waals surface area contributed by atoms with Gasteiger partial charge in [-0.25, -0.2) is 0 Å². The molecule has 27 heavy (non-hydrogen) atoms. The first-order valence-electron chi connectivity index (χ1n) is 8.87. The van der Waals surface area contributed by atoms with Crippen molar-refractivity contribution in [2.45, 2.75) is 37.8 Å². The summed E-state index contributed by atoms with van der Waals surface area (Å²) in [5, 5.41) is 0. The average molecular weight is 378 g/mol. The fraction of sp³-hybridized carbons (Fsp3) is 0.421. The molecule has 8 heteroatoms. The van der Waals surface area contributed by atoms with Crippen LogP contribution in [0.15, 0.2) is 42.6 Å². The summed E-state index contributed by atoms with van der Waals surface area (Å²) < 4.78 is 40.9. The van der Waals surface area contributed by atoms with E-state index >= 15 is 0 Å². The number of hydrogen-bond acceptors (Lipinski definition) is 5. The molecule has 2 fully saturated rings. The van der Waals surface area contributed by atoms with Crippen LogP contribution in [0, 0.1) is 0 Å². The molecule has 1 saturated heterocycles. The van der Waals surface area contributed by atoms with E-state index in [1.54, 1.807) is 18.3 Å². The lowest BCUT2D eigenvalue weighted by Gasteiger charge is -2.22. The maximum absolute atomic E-state index is 12.3. The first-order valence-corrected chi connectivity index (χ1v) is 8.87. The van der Waals surface area contributed by atoms with Gasteiger partial charge in [-0.1, -0.05) is 0 Å². The molecule has 2 heterocycles. The van der Waals surface area contributed by atoms with Crippen LogP contribution in [-0.2, 0) is 13.1 Å². The van der Waals surface area contributed by atoms with Gasteiger partial charge >= 0.3 is 6.36 Å². The molecule has 144 valence electrons. The highest BCUT2D eigenvalue weighted by Crippen LogP contribution is 2.47. The highest BCUT2D eigenvalue weighted by atomic mass is 19.4. The number of ether oxygens (including phenoxy) is 1. The normalized spacial score (nSPS) is 18.9. The van der Waals surface area contributed by atoms with Gasteiger partial charge < -0.3 is 15.4 Å². The molecule has 5 nitrogen and oxygen atoms in total. The molecular weight excluding hydrogens is 357 g/mol. The molecule has 4 rings (SSSR count). The van der Waals surface area contributed by atoms with Gasteiger partial charge in [0.2, 0.25) is 0 Å². The summed E-state index contributed by atoms with van der Waals surface area (Å²) in [6.45, 7) is 2.83. The molecule has 1 aromatic carbocycles. The minimum Gasteiger partial charge on any atom is -0.406 e. The van der Waals surface area contributed by atoms with Gasteiger partial charge in [-0.3, -0.25) is 9.88 Å². The second kappa shape index (κ2) is 6.69. The zero-order valence-corrected chi connectivity index (χ0v) is 14.7. The predicted octanol–water partition coefficient (Wildman–Crippen LogP) is 3.25. The van der Waals surface area contributed by atoms with Crippen LogP contribution in [-0.4, -0.2) is 35.0 Å². The molecule has 2 aromatic rings. The van der Waals surface area contributed by atoms with Gasteiger partial charge in [0.05, 0.1) is 12.4 Å². The molecule has 0 radical (unpaired) electrons. The Labute approximate surface area is 155 Å². The van der Waals surface area contributed by atoms with E-state index in [4.69, 9.17) is 5.73 Å². The highest BCUT2D eigenvalue weighted by Gasteiger charge is 2.53. The number of aromatic nitrogens is 1. The van der Waals surface area contributed by atoms with Gasteiger partial charge in [0, 0.05) is 37.1 Å². The van der Waals surface area contributed by atoms with Crippen molar-refractivity contribution in [1.29, 1.82) is 0 Å². The van der Waals surface area contributed by atoms with Crippen LogP contribution >= 0.6 is 0 Å². The van der Waals surface area contributed by atoms with Crippen molar-refractivity contribution in [3.63, 3.8) is 0 Å². The highest BCUT2D eigenvalue weighted by molar-refractivity contribution is 5.51. The van der Waals surface area contributed by atoms with E-state index in [2.05, 4.69) is 19.5 Å². The topological polar surface area (TPSA) is 54.6 Å². The molecule has 0 unspecified atom stereocenters. The van der Waals surface area contributed by atoms with Crippen molar-refractivity contribution in [3.8, 4) is 5.75 Å². The minimum atomic E-state index is -4.67. The molecule has 1 saturated carbocycles. The molecule has 0 amide bonds. The van der Waals surface area contributed by atoms with Crippen molar-refractivity contribution in [3.05, 3.63) is 53.9 Å². The Kier molecular flexibility index (Phi) is 4.47. The largest absolute Gasteiger partial charge is 0.573 e. The zero-order chi connectivity index (χ0) is 19.1. The number of benzene rings is 1. The molecule has 0 atom stereocenters. The lowest BCUT2D eigenvalue weighted by molar-refractivity contribution is -0.274. The number of pyridine rings is 1. The van der Waals surface area contributed by atoms with Gasteiger partial charge in [0.1, 0.15) is 5.75 Å². The summed E-state index contributed by atoms with van der Waals surface area (Å²) in [5.74, 6) is -0.200. The number of rotatable bonds is 5. The van der Waals surface area contributed by atoms with Crippen LogP contribution in [0.3, 0.4) is 0 Å². The Morgan fingerprint density at radius 2 is 1.89 bits per heavy atom. The second-order valence-corrected chi connectivity index (χ2v) is 7.16. The van der Waals surface area contributed by atoms with Gasteiger partial charge in [0.25, 0.3) is 0 Å². The number of halogens is 3. The molecular formula is C19H21F3N4O. The summed E-state index contributed by atoms with van der Waals surface area (Å²) in [6.07, 6.45) is -0.623. The van der Waals surface area contributed by atoms with Gasteiger partial charge in [0.15, 0.2) is 0 Å². The van der Waals surface area contributed by atoms with Crippen molar-refractivity contribution in [2.75, 3.05) is 18.1 Å². The Bertz CT molecular complexity index is 805. The summed E-state index contributed by atoms with van der Waals surface area (Å²) in [5.41, 5.74) is 8.78. The monoisotopic (exact) mass is 378 g/mol. The average Bonchev–Trinajstić information content (AvgIpc) is 3.32. The van der Waals surface area contributed by atoms with Crippen LogP contribution < -0.4 is 15.4 Å². The van der Waals surface area contributed by atoms with Gasteiger partial charge in [-0.15, -0.1) is 13.2 Å². The van der Waals surface area contributed by atoms with E-state index in [1.165, 1.54) is 17.7 Å². The van der Waals surface area contributed by atoms with Crippen molar-refractivity contribution in [1.82, 2.24) is 9.88 Å². The van der Waals surface area contributed by atoms with E-state index in [0.717, 1.165) is 44.0 Å². The predicted molar refractivity (Wildman–Crippen MR) is 95.0 cm³/mol. The number of nitrogens with zero attached hydrogens (tertiary/aromatic N) is 3. The summed E-state index contributed by atoms with van der Waals surface area (Å²) in [6, 6.07) is 10.1. The zero-order valence-electron chi connectivity index (χ0n) is 14.7. The quantitative estimate of drug-likeness (QED) is 0.866. The van der Waals surface area contributed by atoms with Crippen molar-refractivity contribution >= 4 is 5.69 Å². The van der Waals surface area contributed by atoms with Crippen LogP contribution in [0.5, 0.6) is 5.75 Å². The number of alkyl halides is 3. The molecule has 1 aromatic heterocycles. The van der Waals surface area contributed by atoms with E-state index in [0.29, 0.717) is 6.54 Å². The fourth-order valence-corrected chi connectivity index (χ4v) is 3.69. The third-order valence-electron chi connectivity index (χ3n) is 5.22. The molecule has 2 aliphatic rings.